The first-order valence-electron chi connectivity index (χ1n) is 4.33. The van der Waals surface area contributed by atoms with Gasteiger partial charge in [0, 0.05) is 3.57 Å². The van der Waals surface area contributed by atoms with E-state index in [0.717, 1.165) is 3.57 Å². The molecule has 0 atom stereocenters. The van der Waals surface area contributed by atoms with Crippen LogP contribution < -0.4 is 4.74 Å². The third-order valence-electron chi connectivity index (χ3n) is 2.07. The molecule has 1 aliphatic rings. The number of hydrogen-bond donors (Lipinski definition) is 0. The number of hydrogen-bond acceptors (Lipinski definition) is 1. The molecule has 13 heavy (non-hydrogen) atoms. The molecule has 1 aromatic rings. The maximum absolute atomic E-state index is 13.2. The quantitative estimate of drug-likeness (QED) is 0.777. The third kappa shape index (κ3) is 2.56. The van der Waals surface area contributed by atoms with Gasteiger partial charge in [-0.25, -0.2) is 4.39 Å². The van der Waals surface area contributed by atoms with Crippen molar-refractivity contribution in [3.63, 3.8) is 0 Å². The molecule has 0 aromatic heterocycles. The van der Waals surface area contributed by atoms with E-state index in [1.54, 1.807) is 6.07 Å². The molecule has 0 N–H and O–H groups in total. The van der Waals surface area contributed by atoms with Gasteiger partial charge in [-0.3, -0.25) is 0 Å². The fourth-order valence-corrected chi connectivity index (χ4v) is 1.54. The minimum Gasteiger partial charge on any atom is -0.490 e. The zero-order valence-corrected chi connectivity index (χ0v) is 9.25. The molecule has 1 saturated carbocycles. The van der Waals surface area contributed by atoms with Crippen LogP contribution in [0.25, 0.3) is 0 Å². The van der Waals surface area contributed by atoms with Crippen molar-refractivity contribution in [2.24, 2.45) is 5.92 Å². The van der Waals surface area contributed by atoms with Crippen LogP contribution in [0.15, 0.2) is 18.2 Å². The molecule has 1 fully saturated rings. The molecule has 0 aliphatic heterocycles. The summed E-state index contributed by atoms with van der Waals surface area (Å²) < 4.78 is 19.4. The lowest BCUT2D eigenvalue weighted by Gasteiger charge is -2.05. The minimum absolute atomic E-state index is 0.257. The van der Waals surface area contributed by atoms with Crippen LogP contribution >= 0.6 is 22.6 Å². The van der Waals surface area contributed by atoms with Crippen LogP contribution in [0.2, 0.25) is 0 Å². The largest absolute Gasteiger partial charge is 0.490 e. The Bertz CT molecular complexity index is 310. The molecule has 0 heterocycles. The lowest BCUT2D eigenvalue weighted by molar-refractivity contribution is 0.285. The van der Waals surface area contributed by atoms with Crippen LogP contribution in [0.5, 0.6) is 5.75 Å². The second-order valence-electron chi connectivity index (χ2n) is 3.33. The predicted molar refractivity (Wildman–Crippen MR) is 57.3 cm³/mol. The molecule has 0 bridgehead atoms. The zero-order chi connectivity index (χ0) is 9.26. The molecular weight excluding hydrogens is 282 g/mol. The second-order valence-corrected chi connectivity index (χ2v) is 4.57. The standard InChI is InChI=1S/C10H10FIO/c11-9-5-8(12)3-4-10(9)13-6-7-1-2-7/h3-5,7H,1-2,6H2. The van der Waals surface area contributed by atoms with Crippen molar-refractivity contribution in [2.75, 3.05) is 6.61 Å². The maximum atomic E-state index is 13.2. The first-order valence-corrected chi connectivity index (χ1v) is 5.41. The predicted octanol–water partition coefficient (Wildman–Crippen LogP) is 3.22. The molecule has 0 saturated heterocycles. The molecule has 0 unspecified atom stereocenters. The van der Waals surface area contributed by atoms with Crippen LogP contribution in [-0.2, 0) is 0 Å². The number of benzene rings is 1. The highest BCUT2D eigenvalue weighted by atomic mass is 127. The summed E-state index contributed by atoms with van der Waals surface area (Å²) in [6.07, 6.45) is 2.46. The lowest BCUT2D eigenvalue weighted by atomic mass is 10.3. The summed E-state index contributed by atoms with van der Waals surface area (Å²) in [7, 11) is 0. The summed E-state index contributed by atoms with van der Waals surface area (Å²) in [5.74, 6) is 0.790. The van der Waals surface area contributed by atoms with E-state index >= 15 is 0 Å². The van der Waals surface area contributed by atoms with E-state index in [-0.39, 0.29) is 5.82 Å². The Kier molecular flexibility index (Phi) is 2.71. The Balaban J connectivity index is 2.01. The molecule has 70 valence electrons. The second kappa shape index (κ2) is 3.82. The van der Waals surface area contributed by atoms with Crippen molar-refractivity contribution in [2.45, 2.75) is 12.8 Å². The van der Waals surface area contributed by atoms with Gasteiger partial charge >= 0.3 is 0 Å². The smallest absolute Gasteiger partial charge is 0.166 e. The Morgan fingerprint density at radius 2 is 2.23 bits per heavy atom. The van der Waals surface area contributed by atoms with Crippen LogP contribution in [0, 0.1) is 15.3 Å². The van der Waals surface area contributed by atoms with Gasteiger partial charge in [-0.15, -0.1) is 0 Å². The molecule has 1 aliphatic carbocycles. The topological polar surface area (TPSA) is 9.23 Å². The summed E-state index contributed by atoms with van der Waals surface area (Å²) in [5.41, 5.74) is 0. The van der Waals surface area contributed by atoms with Crippen molar-refractivity contribution >= 4 is 22.6 Å². The first kappa shape index (κ1) is 9.24. The monoisotopic (exact) mass is 292 g/mol. The third-order valence-corrected chi connectivity index (χ3v) is 2.74. The maximum Gasteiger partial charge on any atom is 0.166 e. The fraction of sp³-hybridized carbons (Fsp3) is 0.400. The normalized spacial score (nSPS) is 15.8. The van der Waals surface area contributed by atoms with Crippen molar-refractivity contribution in [1.82, 2.24) is 0 Å². The molecule has 0 spiro atoms. The van der Waals surface area contributed by atoms with E-state index in [1.807, 2.05) is 6.07 Å². The summed E-state index contributed by atoms with van der Waals surface area (Å²) in [4.78, 5) is 0. The number of rotatable bonds is 3. The molecule has 0 radical (unpaired) electrons. The summed E-state index contributed by atoms with van der Waals surface area (Å²) in [5, 5.41) is 0. The summed E-state index contributed by atoms with van der Waals surface area (Å²) in [6, 6.07) is 5.04. The average molecular weight is 292 g/mol. The molecule has 2 rings (SSSR count). The van der Waals surface area contributed by atoms with Crippen molar-refractivity contribution in [3.05, 3.63) is 27.6 Å². The molecule has 1 aromatic carbocycles. The van der Waals surface area contributed by atoms with Gasteiger partial charge in [0.15, 0.2) is 11.6 Å². The molecule has 0 amide bonds. The van der Waals surface area contributed by atoms with Crippen LogP contribution in [0.3, 0.4) is 0 Å². The van der Waals surface area contributed by atoms with Gasteiger partial charge in [0.05, 0.1) is 6.61 Å². The average Bonchev–Trinajstić information content (AvgIpc) is 2.86. The van der Waals surface area contributed by atoms with Gasteiger partial charge in [0.2, 0.25) is 0 Å². The van der Waals surface area contributed by atoms with Crippen molar-refractivity contribution in [3.8, 4) is 5.75 Å². The fourth-order valence-electron chi connectivity index (χ4n) is 1.08. The van der Waals surface area contributed by atoms with Crippen LogP contribution in [0.4, 0.5) is 4.39 Å². The van der Waals surface area contributed by atoms with Crippen molar-refractivity contribution in [1.29, 1.82) is 0 Å². The highest BCUT2D eigenvalue weighted by Crippen LogP contribution is 2.30. The van der Waals surface area contributed by atoms with Gasteiger partial charge in [0.1, 0.15) is 0 Å². The summed E-state index contributed by atoms with van der Waals surface area (Å²) in [6.45, 7) is 0.664. The van der Waals surface area contributed by atoms with Crippen LogP contribution in [0.1, 0.15) is 12.8 Å². The first-order chi connectivity index (χ1) is 6.25. The van der Waals surface area contributed by atoms with Gasteiger partial charge in [-0.2, -0.15) is 0 Å². The molecule has 3 heteroatoms. The highest BCUT2D eigenvalue weighted by Gasteiger charge is 2.22. The SMILES string of the molecule is Fc1cc(I)ccc1OCC1CC1. The minimum atomic E-state index is -0.257. The highest BCUT2D eigenvalue weighted by molar-refractivity contribution is 14.1. The Hall–Kier alpha value is -0.320. The number of halogens is 2. The van der Waals surface area contributed by atoms with E-state index in [2.05, 4.69) is 22.6 Å². The Morgan fingerprint density at radius 3 is 2.85 bits per heavy atom. The Labute approximate surface area is 90.4 Å². The van der Waals surface area contributed by atoms with E-state index in [9.17, 15) is 4.39 Å². The van der Waals surface area contributed by atoms with Gasteiger partial charge in [-0.1, -0.05) is 0 Å². The zero-order valence-electron chi connectivity index (χ0n) is 7.09. The van der Waals surface area contributed by atoms with E-state index < -0.39 is 0 Å². The summed E-state index contributed by atoms with van der Waals surface area (Å²) >= 11 is 2.08. The van der Waals surface area contributed by atoms with Gasteiger partial charge < -0.3 is 4.74 Å². The van der Waals surface area contributed by atoms with Gasteiger partial charge in [-0.05, 0) is 59.5 Å². The molecule has 1 nitrogen and oxygen atoms in total. The van der Waals surface area contributed by atoms with E-state index in [0.29, 0.717) is 18.3 Å². The van der Waals surface area contributed by atoms with Crippen molar-refractivity contribution < 1.29 is 9.13 Å². The number of ether oxygens (including phenoxy) is 1. The Morgan fingerprint density at radius 1 is 1.46 bits per heavy atom. The van der Waals surface area contributed by atoms with Gasteiger partial charge in [0.25, 0.3) is 0 Å². The van der Waals surface area contributed by atoms with E-state index in [4.69, 9.17) is 4.74 Å². The molecular formula is C10H10FIO. The lowest BCUT2D eigenvalue weighted by Crippen LogP contribution is -2.00. The van der Waals surface area contributed by atoms with Crippen LogP contribution in [-0.4, -0.2) is 6.61 Å². The van der Waals surface area contributed by atoms with E-state index in [1.165, 1.54) is 18.9 Å².